The van der Waals surface area contributed by atoms with Crippen LogP contribution in [0.1, 0.15) is 6.92 Å². The molecule has 4 nitrogen and oxygen atoms in total. The maximum atomic E-state index is 5.45. The van der Waals surface area contributed by atoms with Crippen LogP contribution in [-0.2, 0) is 4.74 Å². The van der Waals surface area contributed by atoms with Gasteiger partial charge in [-0.3, -0.25) is 4.99 Å². The van der Waals surface area contributed by atoms with E-state index in [1.165, 1.54) is 7.11 Å². The van der Waals surface area contributed by atoms with Gasteiger partial charge in [-0.2, -0.15) is 0 Å². The lowest BCUT2D eigenvalue weighted by atomic mass is 10.4. The zero-order valence-corrected chi connectivity index (χ0v) is 7.05. The molecule has 0 saturated carbocycles. The van der Waals surface area contributed by atoms with Crippen molar-refractivity contribution in [1.29, 1.82) is 0 Å². The van der Waals surface area contributed by atoms with Crippen LogP contribution >= 0.6 is 0 Å². The van der Waals surface area contributed by atoms with Crippen molar-refractivity contribution in [3.8, 4) is 0 Å². The van der Waals surface area contributed by atoms with E-state index in [4.69, 9.17) is 10.5 Å². The summed E-state index contributed by atoms with van der Waals surface area (Å²) >= 11 is 0. The predicted octanol–water partition coefficient (Wildman–Crippen LogP) is 0.0707. The molecule has 0 aromatic carbocycles. The normalized spacial score (nSPS) is 12.2. The Hall–Kier alpha value is -1.03. The summed E-state index contributed by atoms with van der Waals surface area (Å²) in [5.41, 5.74) is 6.10. The first-order chi connectivity index (χ1) is 5.26. The molecule has 0 aromatic rings. The predicted molar refractivity (Wildman–Crippen MR) is 46.3 cm³/mol. The van der Waals surface area contributed by atoms with E-state index in [9.17, 15) is 0 Å². The van der Waals surface area contributed by atoms with Gasteiger partial charge in [0.25, 0.3) is 0 Å². The molecule has 64 valence electrons. The van der Waals surface area contributed by atoms with Crippen LogP contribution in [0.4, 0.5) is 0 Å². The van der Waals surface area contributed by atoms with Crippen LogP contribution < -0.4 is 11.1 Å². The third kappa shape index (κ3) is 3.62. The van der Waals surface area contributed by atoms with Gasteiger partial charge in [-0.25, -0.2) is 0 Å². The molecule has 0 aliphatic heterocycles. The van der Waals surface area contributed by atoms with Crippen LogP contribution in [0.3, 0.4) is 0 Å². The molecule has 0 aliphatic rings. The smallest absolute Gasteiger partial charge is 0.207 e. The number of nitrogens with two attached hydrogens (primary N) is 1. The van der Waals surface area contributed by atoms with Crippen molar-refractivity contribution >= 4 is 6.72 Å². The summed E-state index contributed by atoms with van der Waals surface area (Å²) in [5.74, 6) is 0.320. The summed E-state index contributed by atoms with van der Waals surface area (Å²) in [6.45, 7) is 6.85. The fourth-order valence-electron chi connectivity index (χ4n) is 0.582. The monoisotopic (exact) mass is 157 g/mol. The first-order valence-electron chi connectivity index (χ1n) is 3.46. The highest BCUT2D eigenvalue weighted by Crippen LogP contribution is 1.98. The van der Waals surface area contributed by atoms with Crippen LogP contribution in [0.15, 0.2) is 16.6 Å². The Kier molecular flexibility index (Phi) is 5.20. The third-order valence-corrected chi connectivity index (χ3v) is 1.24. The number of rotatable bonds is 5. The highest BCUT2D eigenvalue weighted by Gasteiger charge is 1.98. The minimum atomic E-state index is 0.320. The minimum absolute atomic E-state index is 0.320. The topological polar surface area (TPSA) is 59.6 Å². The standard InChI is InChI=1S/C7H15N3O/c1-4-10-5-6(9-2)7(8)11-3/h10H,2,4-5,8H2,1,3H3/b7-6+. The lowest BCUT2D eigenvalue weighted by Crippen LogP contribution is -2.18. The number of hydrogen-bond donors (Lipinski definition) is 2. The zero-order valence-electron chi connectivity index (χ0n) is 7.05. The van der Waals surface area contributed by atoms with E-state index in [2.05, 4.69) is 17.0 Å². The number of likely N-dealkylation sites (N-methyl/N-ethyl adjacent to an activating group) is 1. The van der Waals surface area contributed by atoms with Gasteiger partial charge < -0.3 is 15.8 Å². The summed E-state index contributed by atoms with van der Waals surface area (Å²) in [4.78, 5) is 3.71. The zero-order chi connectivity index (χ0) is 8.69. The number of ether oxygens (including phenoxy) is 1. The second-order valence-corrected chi connectivity index (χ2v) is 1.95. The van der Waals surface area contributed by atoms with Gasteiger partial charge in [0, 0.05) is 6.54 Å². The highest BCUT2D eigenvalue weighted by atomic mass is 16.5. The van der Waals surface area contributed by atoms with Crippen LogP contribution in [0, 0.1) is 0 Å². The fraction of sp³-hybridized carbons (Fsp3) is 0.571. The van der Waals surface area contributed by atoms with E-state index < -0.39 is 0 Å². The molecule has 0 fully saturated rings. The molecular formula is C7H15N3O. The van der Waals surface area contributed by atoms with Crippen molar-refractivity contribution in [1.82, 2.24) is 5.32 Å². The van der Waals surface area contributed by atoms with Gasteiger partial charge >= 0.3 is 0 Å². The maximum absolute atomic E-state index is 5.45. The Labute approximate surface area is 67.1 Å². The molecule has 0 heterocycles. The van der Waals surface area contributed by atoms with Gasteiger partial charge in [0.2, 0.25) is 5.88 Å². The molecule has 0 unspecified atom stereocenters. The highest BCUT2D eigenvalue weighted by molar-refractivity contribution is 5.30. The summed E-state index contributed by atoms with van der Waals surface area (Å²) in [7, 11) is 1.51. The van der Waals surface area contributed by atoms with Crippen molar-refractivity contribution in [2.75, 3.05) is 20.2 Å². The molecule has 0 atom stereocenters. The number of hydrogen-bond acceptors (Lipinski definition) is 4. The molecular weight excluding hydrogens is 142 g/mol. The molecule has 11 heavy (non-hydrogen) atoms. The molecule has 0 aliphatic carbocycles. The Morgan fingerprint density at radius 3 is 2.73 bits per heavy atom. The van der Waals surface area contributed by atoms with Crippen LogP contribution in [-0.4, -0.2) is 26.9 Å². The quantitative estimate of drug-likeness (QED) is 0.438. The maximum Gasteiger partial charge on any atom is 0.207 e. The van der Waals surface area contributed by atoms with E-state index in [1.54, 1.807) is 0 Å². The number of nitrogens with one attached hydrogen (secondary N) is 1. The molecule has 0 aromatic heterocycles. The second-order valence-electron chi connectivity index (χ2n) is 1.95. The molecule has 0 saturated heterocycles. The van der Waals surface area contributed by atoms with Crippen molar-refractivity contribution in [2.24, 2.45) is 10.7 Å². The first-order valence-corrected chi connectivity index (χ1v) is 3.46. The van der Waals surface area contributed by atoms with Gasteiger partial charge in [0.1, 0.15) is 5.70 Å². The van der Waals surface area contributed by atoms with E-state index in [0.29, 0.717) is 18.1 Å². The number of nitrogens with zero attached hydrogens (tertiary/aromatic N) is 1. The van der Waals surface area contributed by atoms with Crippen LogP contribution in [0.25, 0.3) is 0 Å². The molecule has 4 heteroatoms. The van der Waals surface area contributed by atoms with E-state index in [0.717, 1.165) is 6.54 Å². The van der Waals surface area contributed by atoms with Gasteiger partial charge in [-0.1, -0.05) is 6.92 Å². The van der Waals surface area contributed by atoms with Gasteiger partial charge in [-0.15, -0.1) is 0 Å². The van der Waals surface area contributed by atoms with Crippen LogP contribution in [0.2, 0.25) is 0 Å². The second kappa shape index (κ2) is 5.73. The van der Waals surface area contributed by atoms with Crippen molar-refractivity contribution < 1.29 is 4.74 Å². The van der Waals surface area contributed by atoms with Crippen LogP contribution in [0.5, 0.6) is 0 Å². The average molecular weight is 157 g/mol. The fourth-order valence-corrected chi connectivity index (χ4v) is 0.582. The average Bonchev–Trinajstić information content (AvgIpc) is 2.05. The number of aliphatic imine (C=N–C) groups is 1. The summed E-state index contributed by atoms with van der Waals surface area (Å²) in [6, 6.07) is 0. The minimum Gasteiger partial charge on any atom is -0.481 e. The molecule has 0 spiro atoms. The molecule has 3 N–H and O–H groups in total. The Bertz CT molecular complexity index is 154. The van der Waals surface area contributed by atoms with E-state index in [-0.39, 0.29) is 0 Å². The molecule has 0 radical (unpaired) electrons. The SMILES string of the molecule is C=N/C(CNCC)=C(\N)OC. The largest absolute Gasteiger partial charge is 0.481 e. The first kappa shape index (κ1) is 9.97. The van der Waals surface area contributed by atoms with Gasteiger partial charge in [0.05, 0.1) is 7.11 Å². The van der Waals surface area contributed by atoms with Crippen molar-refractivity contribution in [2.45, 2.75) is 6.92 Å². The van der Waals surface area contributed by atoms with E-state index >= 15 is 0 Å². The summed E-state index contributed by atoms with van der Waals surface area (Å²) in [5, 5.41) is 3.06. The third-order valence-electron chi connectivity index (χ3n) is 1.24. The van der Waals surface area contributed by atoms with Crippen molar-refractivity contribution in [3.05, 3.63) is 11.6 Å². The van der Waals surface area contributed by atoms with E-state index in [1.807, 2.05) is 6.92 Å². The molecule has 0 amide bonds. The lowest BCUT2D eigenvalue weighted by Gasteiger charge is -2.05. The summed E-state index contributed by atoms with van der Waals surface area (Å²) < 4.78 is 4.78. The molecule has 0 rings (SSSR count). The summed E-state index contributed by atoms with van der Waals surface area (Å²) in [6.07, 6.45) is 0. The lowest BCUT2D eigenvalue weighted by molar-refractivity contribution is 0.281. The Morgan fingerprint density at radius 2 is 2.36 bits per heavy atom. The Morgan fingerprint density at radius 1 is 1.73 bits per heavy atom. The van der Waals surface area contributed by atoms with Crippen molar-refractivity contribution in [3.63, 3.8) is 0 Å². The van der Waals surface area contributed by atoms with Gasteiger partial charge in [0.15, 0.2) is 0 Å². The van der Waals surface area contributed by atoms with Gasteiger partial charge in [-0.05, 0) is 13.3 Å². The Balaban J connectivity index is 4.03. The molecule has 0 bridgehead atoms. The number of methoxy groups -OCH3 is 1.